The highest BCUT2D eigenvalue weighted by atomic mass is 16.6. The molecule has 2 nitrogen and oxygen atoms in total. The highest BCUT2D eigenvalue weighted by Crippen LogP contribution is 2.47. The normalized spacial score (nSPS) is 32.4. The van der Waals surface area contributed by atoms with Gasteiger partial charge in [0, 0.05) is 0 Å². The fourth-order valence-corrected chi connectivity index (χ4v) is 3.95. The van der Waals surface area contributed by atoms with Gasteiger partial charge in [-0.15, -0.1) is 0 Å². The lowest BCUT2D eigenvalue weighted by atomic mass is 9.92. The van der Waals surface area contributed by atoms with Crippen LogP contribution in [0.2, 0.25) is 0 Å². The Morgan fingerprint density at radius 2 is 1.09 bits per heavy atom. The van der Waals surface area contributed by atoms with Gasteiger partial charge >= 0.3 is 0 Å². The van der Waals surface area contributed by atoms with Crippen molar-refractivity contribution in [3.05, 3.63) is 70.8 Å². The van der Waals surface area contributed by atoms with Crippen LogP contribution in [0.5, 0.6) is 0 Å². The van der Waals surface area contributed by atoms with Crippen molar-refractivity contribution in [3.8, 4) is 0 Å². The summed E-state index contributed by atoms with van der Waals surface area (Å²) in [5.41, 5.74) is 5.85. The van der Waals surface area contributed by atoms with Crippen LogP contribution >= 0.6 is 0 Å². The molecule has 6 rings (SSSR count). The van der Waals surface area contributed by atoms with E-state index in [1.165, 1.54) is 47.9 Å². The molecule has 0 radical (unpaired) electrons. The average molecular weight is 292 g/mol. The van der Waals surface area contributed by atoms with E-state index in [0.29, 0.717) is 24.4 Å². The molecule has 2 saturated heterocycles. The molecular formula is C20H20O2. The zero-order valence-corrected chi connectivity index (χ0v) is 12.6. The number of hydrogen-bond acceptors (Lipinski definition) is 2. The molecule has 2 heterocycles. The van der Waals surface area contributed by atoms with Gasteiger partial charge in [-0.05, 0) is 47.9 Å². The molecule has 2 aliphatic heterocycles. The fourth-order valence-electron chi connectivity index (χ4n) is 3.95. The maximum Gasteiger partial charge on any atom is 0.109 e. The van der Waals surface area contributed by atoms with E-state index in [4.69, 9.17) is 9.47 Å². The van der Waals surface area contributed by atoms with E-state index in [2.05, 4.69) is 48.5 Å². The summed E-state index contributed by atoms with van der Waals surface area (Å²) in [5.74, 6) is 0. The van der Waals surface area contributed by atoms with Crippen LogP contribution < -0.4 is 0 Å². The molecule has 0 bridgehead atoms. The molecule has 2 heteroatoms. The van der Waals surface area contributed by atoms with Crippen molar-refractivity contribution in [2.24, 2.45) is 0 Å². The van der Waals surface area contributed by atoms with Crippen LogP contribution in [0.1, 0.15) is 47.3 Å². The summed E-state index contributed by atoms with van der Waals surface area (Å²) in [4.78, 5) is 0. The topological polar surface area (TPSA) is 25.1 Å². The molecule has 0 N–H and O–H groups in total. The first-order chi connectivity index (χ1) is 10.9. The molecule has 2 aliphatic carbocycles. The number of hydrogen-bond donors (Lipinski definition) is 0. The molecule has 112 valence electrons. The summed E-state index contributed by atoms with van der Waals surface area (Å²) in [5, 5.41) is 0. The van der Waals surface area contributed by atoms with Gasteiger partial charge in [-0.3, -0.25) is 0 Å². The zero-order chi connectivity index (χ0) is 14.5. The number of benzene rings is 2. The minimum absolute atomic E-state index is 0.458. The van der Waals surface area contributed by atoms with Gasteiger partial charge in [0.15, 0.2) is 0 Å². The monoisotopic (exact) mass is 292 g/mol. The van der Waals surface area contributed by atoms with Gasteiger partial charge in [-0.25, -0.2) is 0 Å². The average Bonchev–Trinajstić information content (AvgIpc) is 3.48. The molecule has 0 spiro atoms. The molecule has 0 saturated carbocycles. The van der Waals surface area contributed by atoms with E-state index < -0.39 is 0 Å². The molecule has 2 fully saturated rings. The Morgan fingerprint density at radius 3 is 1.59 bits per heavy atom. The Hall–Kier alpha value is -1.64. The van der Waals surface area contributed by atoms with Crippen LogP contribution in [-0.2, 0) is 22.3 Å². The van der Waals surface area contributed by atoms with Crippen molar-refractivity contribution >= 4 is 0 Å². The first-order valence-electron chi connectivity index (χ1n) is 8.37. The standard InChI is InChI=1S/2C10H10O/c2*1-2-4-8-7(3-1)5-6-9-10(8)11-9/h2*1-4,9-10H,5-6H2. The quantitative estimate of drug-likeness (QED) is 0.682. The molecule has 0 aromatic heterocycles. The predicted octanol–water partition coefficient (Wildman–Crippen LogP) is 4.15. The lowest BCUT2D eigenvalue weighted by Crippen LogP contribution is -2.03. The van der Waals surface area contributed by atoms with Crippen LogP contribution in [-0.4, -0.2) is 12.2 Å². The van der Waals surface area contributed by atoms with Gasteiger partial charge in [-0.1, -0.05) is 48.5 Å². The minimum Gasteiger partial charge on any atom is -0.364 e. The van der Waals surface area contributed by atoms with E-state index in [9.17, 15) is 0 Å². The van der Waals surface area contributed by atoms with E-state index in [-0.39, 0.29) is 0 Å². The Bertz CT molecular complexity index is 647. The van der Waals surface area contributed by atoms with E-state index in [0.717, 1.165) is 0 Å². The molecule has 4 unspecified atom stereocenters. The Labute approximate surface area is 131 Å². The summed E-state index contributed by atoms with van der Waals surface area (Å²) >= 11 is 0. The van der Waals surface area contributed by atoms with Gasteiger partial charge in [0.25, 0.3) is 0 Å². The Balaban J connectivity index is 0.000000102. The summed E-state index contributed by atoms with van der Waals surface area (Å²) in [6, 6.07) is 17.2. The van der Waals surface area contributed by atoms with Crippen molar-refractivity contribution in [2.45, 2.75) is 50.1 Å². The second kappa shape index (κ2) is 4.94. The van der Waals surface area contributed by atoms with Crippen LogP contribution in [0.3, 0.4) is 0 Å². The van der Waals surface area contributed by atoms with Crippen molar-refractivity contribution in [1.29, 1.82) is 0 Å². The van der Waals surface area contributed by atoms with Gasteiger partial charge in [0.05, 0.1) is 12.2 Å². The molecule has 4 atom stereocenters. The van der Waals surface area contributed by atoms with E-state index >= 15 is 0 Å². The fraction of sp³-hybridized carbons (Fsp3) is 0.400. The molecular weight excluding hydrogens is 272 g/mol. The third-order valence-electron chi connectivity index (χ3n) is 5.28. The lowest BCUT2D eigenvalue weighted by molar-refractivity contribution is 0.372. The van der Waals surface area contributed by atoms with Crippen LogP contribution in [0, 0.1) is 0 Å². The minimum atomic E-state index is 0.458. The van der Waals surface area contributed by atoms with Gasteiger partial charge in [0.1, 0.15) is 12.2 Å². The first kappa shape index (κ1) is 12.9. The molecule has 0 amide bonds. The summed E-state index contributed by atoms with van der Waals surface area (Å²) < 4.78 is 11.0. The highest BCUT2D eigenvalue weighted by Gasteiger charge is 2.44. The maximum atomic E-state index is 5.50. The number of rotatable bonds is 0. The van der Waals surface area contributed by atoms with Gasteiger partial charge < -0.3 is 9.47 Å². The summed E-state index contributed by atoms with van der Waals surface area (Å²) in [6.07, 6.45) is 6.90. The molecule has 2 aromatic rings. The SMILES string of the molecule is c1ccc2c(c1)CCC1OC21.c1ccc2c(c1)CCC1OC21. The second-order valence-corrected chi connectivity index (χ2v) is 6.67. The second-order valence-electron chi connectivity index (χ2n) is 6.67. The highest BCUT2D eigenvalue weighted by molar-refractivity contribution is 5.36. The Kier molecular flexibility index (Phi) is 2.89. The maximum absolute atomic E-state index is 5.50. The summed E-state index contributed by atoms with van der Waals surface area (Å²) in [6.45, 7) is 0. The number of fused-ring (bicyclic) bond motifs is 6. The van der Waals surface area contributed by atoms with E-state index in [1.54, 1.807) is 0 Å². The van der Waals surface area contributed by atoms with Crippen molar-refractivity contribution < 1.29 is 9.47 Å². The van der Waals surface area contributed by atoms with Crippen LogP contribution in [0.15, 0.2) is 48.5 Å². The summed E-state index contributed by atoms with van der Waals surface area (Å²) in [7, 11) is 0. The zero-order valence-electron chi connectivity index (χ0n) is 12.6. The van der Waals surface area contributed by atoms with Gasteiger partial charge in [-0.2, -0.15) is 0 Å². The van der Waals surface area contributed by atoms with E-state index in [1.807, 2.05) is 0 Å². The molecule has 2 aromatic carbocycles. The number of epoxide rings is 2. The van der Waals surface area contributed by atoms with Gasteiger partial charge in [0.2, 0.25) is 0 Å². The van der Waals surface area contributed by atoms with Crippen molar-refractivity contribution in [1.82, 2.24) is 0 Å². The molecule has 22 heavy (non-hydrogen) atoms. The van der Waals surface area contributed by atoms with Crippen molar-refractivity contribution in [2.75, 3.05) is 0 Å². The third kappa shape index (κ3) is 2.18. The number of aryl methyl sites for hydroxylation is 2. The van der Waals surface area contributed by atoms with Crippen LogP contribution in [0.4, 0.5) is 0 Å². The number of ether oxygens (including phenoxy) is 2. The third-order valence-corrected chi connectivity index (χ3v) is 5.28. The Morgan fingerprint density at radius 1 is 0.636 bits per heavy atom. The predicted molar refractivity (Wildman–Crippen MR) is 84.8 cm³/mol. The first-order valence-corrected chi connectivity index (χ1v) is 8.37. The largest absolute Gasteiger partial charge is 0.364 e. The lowest BCUT2D eigenvalue weighted by Gasteiger charge is -2.09. The molecule has 4 aliphatic rings. The van der Waals surface area contributed by atoms with Crippen LogP contribution in [0.25, 0.3) is 0 Å². The van der Waals surface area contributed by atoms with Crippen molar-refractivity contribution in [3.63, 3.8) is 0 Å². The smallest absolute Gasteiger partial charge is 0.109 e.